The molecule has 10 heteroatoms. The molecular formula is C26H29N3O6S. The standard InChI is InChI=1S/C22H23N3S.C4H6O6/c23-22-24-21(19-9-5-2-6-10-19)20(26-22)13-16-25-14-11-18(12-15-25)17-7-3-1-4-8-17;5-1(3(7)8)2(6)4(9)10/h1-11H,12-16H2,(H2,23,24);1-2,5-6H,(H,7,8)(H,9,10). The van der Waals surface area contributed by atoms with Crippen molar-refractivity contribution in [1.29, 1.82) is 0 Å². The highest BCUT2D eigenvalue weighted by Crippen LogP contribution is 2.30. The van der Waals surface area contributed by atoms with Gasteiger partial charge >= 0.3 is 11.9 Å². The Morgan fingerprint density at radius 3 is 2.00 bits per heavy atom. The van der Waals surface area contributed by atoms with E-state index in [1.165, 1.54) is 16.0 Å². The number of anilines is 1. The number of aliphatic hydroxyl groups is 2. The molecule has 1 aliphatic heterocycles. The van der Waals surface area contributed by atoms with Gasteiger partial charge in [0.25, 0.3) is 0 Å². The van der Waals surface area contributed by atoms with Crippen LogP contribution >= 0.6 is 11.3 Å². The van der Waals surface area contributed by atoms with Crippen LogP contribution in [0.4, 0.5) is 5.13 Å². The predicted octanol–water partition coefficient (Wildman–Crippen LogP) is 2.60. The second-order valence-corrected chi connectivity index (χ2v) is 9.27. The number of aromatic nitrogens is 1. The van der Waals surface area contributed by atoms with Gasteiger partial charge in [0.1, 0.15) is 0 Å². The lowest BCUT2D eigenvalue weighted by atomic mass is 9.99. The number of nitrogens with zero attached hydrogens (tertiary/aromatic N) is 2. The van der Waals surface area contributed by atoms with Crippen molar-refractivity contribution < 1.29 is 30.0 Å². The minimum absolute atomic E-state index is 0.656. The highest BCUT2D eigenvalue weighted by atomic mass is 32.1. The van der Waals surface area contributed by atoms with Gasteiger partial charge in [-0.2, -0.15) is 0 Å². The largest absolute Gasteiger partial charge is 0.479 e. The monoisotopic (exact) mass is 511 g/mol. The molecule has 6 N–H and O–H groups in total. The summed E-state index contributed by atoms with van der Waals surface area (Å²) in [6.45, 7) is 3.16. The average molecular weight is 512 g/mol. The summed E-state index contributed by atoms with van der Waals surface area (Å²) < 4.78 is 0. The van der Waals surface area contributed by atoms with Gasteiger partial charge < -0.3 is 26.2 Å². The number of nitrogen functional groups attached to an aromatic ring is 1. The fourth-order valence-corrected chi connectivity index (χ4v) is 4.56. The fraction of sp³-hybridized carbons (Fsp3) is 0.269. The molecule has 9 nitrogen and oxygen atoms in total. The summed E-state index contributed by atoms with van der Waals surface area (Å²) in [4.78, 5) is 27.9. The second kappa shape index (κ2) is 12.9. The summed E-state index contributed by atoms with van der Waals surface area (Å²) in [5, 5.41) is 33.2. The number of benzene rings is 2. The van der Waals surface area contributed by atoms with Crippen molar-refractivity contribution in [2.75, 3.05) is 25.4 Å². The first-order chi connectivity index (χ1) is 17.3. The SMILES string of the molecule is Nc1nc(-c2ccccc2)c(CCN2CC=C(c3ccccc3)CC2)s1.O=C(O)C(O)C(O)C(=O)O. The lowest BCUT2D eigenvalue weighted by Crippen LogP contribution is -2.39. The second-order valence-electron chi connectivity index (χ2n) is 8.15. The molecule has 3 aromatic rings. The van der Waals surface area contributed by atoms with Crippen molar-refractivity contribution in [3.8, 4) is 11.3 Å². The molecule has 0 saturated carbocycles. The molecule has 2 aromatic carbocycles. The molecule has 0 saturated heterocycles. The van der Waals surface area contributed by atoms with Gasteiger partial charge in [0.2, 0.25) is 0 Å². The van der Waals surface area contributed by atoms with E-state index in [1.54, 1.807) is 11.3 Å². The van der Waals surface area contributed by atoms with E-state index in [0.29, 0.717) is 5.13 Å². The van der Waals surface area contributed by atoms with Gasteiger partial charge in [0, 0.05) is 30.1 Å². The average Bonchev–Trinajstić information content (AvgIpc) is 3.28. The Morgan fingerprint density at radius 1 is 0.944 bits per heavy atom. The molecule has 36 heavy (non-hydrogen) atoms. The van der Waals surface area contributed by atoms with Gasteiger partial charge in [0.05, 0.1) is 5.69 Å². The zero-order chi connectivity index (χ0) is 26.1. The van der Waals surface area contributed by atoms with Gasteiger partial charge in [-0.3, -0.25) is 4.90 Å². The number of hydrogen-bond donors (Lipinski definition) is 5. The summed E-state index contributed by atoms with van der Waals surface area (Å²) in [5.41, 5.74) is 11.0. The highest BCUT2D eigenvalue weighted by Gasteiger charge is 2.29. The minimum atomic E-state index is -2.27. The number of nitrogens with two attached hydrogens (primary N) is 1. The molecule has 190 valence electrons. The number of thiazole rings is 1. The van der Waals surface area contributed by atoms with Crippen molar-refractivity contribution in [2.45, 2.75) is 25.0 Å². The predicted molar refractivity (Wildman–Crippen MR) is 138 cm³/mol. The quantitative estimate of drug-likeness (QED) is 0.307. The Morgan fingerprint density at radius 2 is 1.50 bits per heavy atom. The van der Waals surface area contributed by atoms with Gasteiger partial charge in [-0.15, -0.1) is 11.3 Å². The van der Waals surface area contributed by atoms with Crippen LogP contribution in [0.5, 0.6) is 0 Å². The molecule has 4 rings (SSSR count). The summed E-state index contributed by atoms with van der Waals surface area (Å²) in [5.74, 6) is -3.54. The van der Waals surface area contributed by atoms with Crippen LogP contribution in [-0.2, 0) is 16.0 Å². The van der Waals surface area contributed by atoms with Crippen molar-refractivity contribution in [3.63, 3.8) is 0 Å². The number of hydrogen-bond acceptors (Lipinski definition) is 8. The van der Waals surface area contributed by atoms with Crippen LogP contribution in [0, 0.1) is 0 Å². The summed E-state index contributed by atoms with van der Waals surface area (Å²) >= 11 is 1.62. The number of aliphatic hydroxyl groups excluding tert-OH is 2. The zero-order valence-electron chi connectivity index (χ0n) is 19.5. The fourth-order valence-electron chi connectivity index (χ4n) is 3.72. The molecular weight excluding hydrogens is 482 g/mol. The van der Waals surface area contributed by atoms with Gasteiger partial charge in [-0.05, 0) is 24.0 Å². The van der Waals surface area contributed by atoms with E-state index in [4.69, 9.17) is 26.2 Å². The number of carboxylic acid groups (broad SMARTS) is 2. The molecule has 2 atom stereocenters. The molecule has 2 unspecified atom stereocenters. The van der Waals surface area contributed by atoms with Crippen LogP contribution in [0.2, 0.25) is 0 Å². The van der Waals surface area contributed by atoms with E-state index in [2.05, 4.69) is 70.6 Å². The zero-order valence-corrected chi connectivity index (χ0v) is 20.3. The molecule has 0 radical (unpaired) electrons. The summed E-state index contributed by atoms with van der Waals surface area (Å²) in [7, 11) is 0. The summed E-state index contributed by atoms with van der Waals surface area (Å²) in [6, 6.07) is 21.0. The number of carbonyl (C=O) groups is 2. The third kappa shape index (κ3) is 7.46. The third-order valence-electron chi connectivity index (χ3n) is 5.66. The van der Waals surface area contributed by atoms with Gasteiger partial charge in [-0.1, -0.05) is 66.7 Å². The van der Waals surface area contributed by atoms with Crippen LogP contribution in [0.15, 0.2) is 66.7 Å². The molecule has 0 aliphatic carbocycles. The lowest BCUT2D eigenvalue weighted by molar-refractivity contribution is -0.165. The van der Waals surface area contributed by atoms with E-state index in [1.807, 2.05) is 6.07 Å². The number of aliphatic carboxylic acids is 2. The van der Waals surface area contributed by atoms with Gasteiger partial charge in [0.15, 0.2) is 17.3 Å². The van der Waals surface area contributed by atoms with Crippen LogP contribution < -0.4 is 5.73 Å². The molecule has 2 heterocycles. The Balaban J connectivity index is 0.000000308. The van der Waals surface area contributed by atoms with E-state index >= 15 is 0 Å². The smallest absolute Gasteiger partial charge is 0.335 e. The topological polar surface area (TPSA) is 157 Å². The highest BCUT2D eigenvalue weighted by molar-refractivity contribution is 7.15. The first kappa shape index (κ1) is 27.0. The first-order valence-corrected chi connectivity index (χ1v) is 12.2. The van der Waals surface area contributed by atoms with Crippen molar-refractivity contribution in [1.82, 2.24) is 9.88 Å². The third-order valence-corrected chi connectivity index (χ3v) is 6.60. The van der Waals surface area contributed by atoms with Crippen molar-refractivity contribution in [2.24, 2.45) is 0 Å². The van der Waals surface area contributed by atoms with Crippen LogP contribution in [0.1, 0.15) is 16.9 Å². The van der Waals surface area contributed by atoms with Crippen molar-refractivity contribution >= 4 is 34.0 Å². The Bertz CT molecular complexity index is 1160. The van der Waals surface area contributed by atoms with E-state index < -0.39 is 24.1 Å². The maximum atomic E-state index is 9.77. The van der Waals surface area contributed by atoms with E-state index in [-0.39, 0.29) is 0 Å². The van der Waals surface area contributed by atoms with Crippen LogP contribution in [0.3, 0.4) is 0 Å². The maximum absolute atomic E-state index is 9.77. The van der Waals surface area contributed by atoms with Crippen LogP contribution in [-0.4, -0.2) is 74.1 Å². The Labute approximate surface area is 212 Å². The molecule has 0 bridgehead atoms. The first-order valence-electron chi connectivity index (χ1n) is 11.4. The van der Waals surface area contributed by atoms with E-state index in [9.17, 15) is 9.59 Å². The molecule has 0 fully saturated rings. The van der Waals surface area contributed by atoms with E-state index in [0.717, 1.165) is 43.7 Å². The number of rotatable bonds is 8. The summed E-state index contributed by atoms with van der Waals surface area (Å²) in [6.07, 6.45) is -0.0543. The molecule has 0 spiro atoms. The lowest BCUT2D eigenvalue weighted by Gasteiger charge is -2.26. The Hall–Kier alpha value is -3.57. The maximum Gasteiger partial charge on any atom is 0.335 e. The molecule has 1 aliphatic rings. The van der Waals surface area contributed by atoms with Gasteiger partial charge in [-0.25, -0.2) is 14.6 Å². The Kier molecular flexibility index (Phi) is 9.71. The van der Waals surface area contributed by atoms with Crippen molar-refractivity contribution in [3.05, 3.63) is 77.2 Å². The molecule has 0 amide bonds. The van der Waals surface area contributed by atoms with Crippen LogP contribution in [0.25, 0.3) is 16.8 Å². The molecule has 1 aromatic heterocycles. The number of carboxylic acids is 2. The minimum Gasteiger partial charge on any atom is -0.479 e. The normalized spacial score (nSPS) is 15.2.